The van der Waals surface area contributed by atoms with Crippen LogP contribution in [0.5, 0.6) is 0 Å². The van der Waals surface area contributed by atoms with E-state index in [0.29, 0.717) is 4.47 Å². The van der Waals surface area contributed by atoms with Gasteiger partial charge >= 0.3 is 0 Å². The Labute approximate surface area is 120 Å². The lowest BCUT2D eigenvalue weighted by Crippen LogP contribution is -2.06. The Balaban J connectivity index is 2.53. The fraction of sp³-hybridized carbons (Fsp3) is 0.0769. The van der Waals surface area contributed by atoms with Gasteiger partial charge in [-0.25, -0.2) is 13.2 Å². The summed E-state index contributed by atoms with van der Waals surface area (Å²) >= 11 is 9.08. The highest BCUT2D eigenvalue weighted by Gasteiger charge is 2.22. The van der Waals surface area contributed by atoms with Crippen molar-refractivity contribution in [2.45, 2.75) is 6.10 Å². The molecule has 0 bridgehead atoms. The van der Waals surface area contributed by atoms with Crippen molar-refractivity contribution >= 4 is 27.5 Å². The smallest absolute Gasteiger partial charge is 0.194 e. The molecule has 0 fully saturated rings. The Kier molecular flexibility index (Phi) is 4.18. The Morgan fingerprint density at radius 1 is 1.00 bits per heavy atom. The van der Waals surface area contributed by atoms with E-state index in [-0.39, 0.29) is 16.1 Å². The van der Waals surface area contributed by atoms with Crippen LogP contribution in [0.2, 0.25) is 5.02 Å². The molecule has 0 aromatic heterocycles. The van der Waals surface area contributed by atoms with Gasteiger partial charge in [0.2, 0.25) is 0 Å². The van der Waals surface area contributed by atoms with Gasteiger partial charge in [0.25, 0.3) is 0 Å². The van der Waals surface area contributed by atoms with Gasteiger partial charge in [-0.15, -0.1) is 0 Å². The van der Waals surface area contributed by atoms with Crippen LogP contribution < -0.4 is 0 Å². The Morgan fingerprint density at radius 3 is 2.37 bits per heavy atom. The molecule has 1 N–H and O–H groups in total. The van der Waals surface area contributed by atoms with E-state index in [1.807, 2.05) is 0 Å². The first-order chi connectivity index (χ1) is 8.91. The highest BCUT2D eigenvalue weighted by Crippen LogP contribution is 2.32. The van der Waals surface area contributed by atoms with Crippen LogP contribution in [0.15, 0.2) is 34.8 Å². The quantitative estimate of drug-likeness (QED) is 0.784. The number of halogens is 5. The van der Waals surface area contributed by atoms with Crippen LogP contribution in [0, 0.1) is 17.5 Å². The number of rotatable bonds is 2. The topological polar surface area (TPSA) is 20.2 Å². The lowest BCUT2D eigenvalue weighted by atomic mass is 10.0. The third kappa shape index (κ3) is 2.78. The minimum Gasteiger partial charge on any atom is -0.383 e. The molecule has 0 heterocycles. The lowest BCUT2D eigenvalue weighted by Gasteiger charge is -2.14. The van der Waals surface area contributed by atoms with Gasteiger partial charge in [-0.3, -0.25) is 0 Å². The molecule has 0 amide bonds. The molecule has 0 aliphatic heterocycles. The molecule has 0 saturated heterocycles. The van der Waals surface area contributed by atoms with Crippen molar-refractivity contribution in [3.05, 3.63) is 68.4 Å². The van der Waals surface area contributed by atoms with E-state index in [9.17, 15) is 18.3 Å². The normalized spacial score (nSPS) is 12.5. The average molecular weight is 352 g/mol. The molecule has 2 rings (SSSR count). The summed E-state index contributed by atoms with van der Waals surface area (Å²) < 4.78 is 40.2. The van der Waals surface area contributed by atoms with Crippen LogP contribution in [-0.2, 0) is 0 Å². The third-order valence-electron chi connectivity index (χ3n) is 2.61. The van der Waals surface area contributed by atoms with Crippen LogP contribution in [0.4, 0.5) is 13.2 Å². The van der Waals surface area contributed by atoms with E-state index in [1.54, 1.807) is 6.07 Å². The molecule has 0 radical (unpaired) electrons. The maximum absolute atomic E-state index is 13.6. The minimum atomic E-state index is -1.62. The molecule has 1 atom stereocenters. The lowest BCUT2D eigenvalue weighted by molar-refractivity contribution is 0.212. The summed E-state index contributed by atoms with van der Waals surface area (Å²) in [5.74, 6) is -4.36. The van der Waals surface area contributed by atoms with E-state index in [4.69, 9.17) is 11.6 Å². The molecule has 2 aromatic carbocycles. The van der Waals surface area contributed by atoms with Crippen molar-refractivity contribution in [2.24, 2.45) is 0 Å². The van der Waals surface area contributed by atoms with Crippen molar-refractivity contribution in [3.8, 4) is 0 Å². The van der Waals surface area contributed by atoms with E-state index >= 15 is 0 Å². The van der Waals surface area contributed by atoms with Crippen molar-refractivity contribution in [2.75, 3.05) is 0 Å². The average Bonchev–Trinajstić information content (AvgIpc) is 2.38. The fourth-order valence-corrected chi connectivity index (χ4v) is 2.24. The second-order valence-corrected chi connectivity index (χ2v) is 5.16. The van der Waals surface area contributed by atoms with Crippen LogP contribution in [-0.4, -0.2) is 5.11 Å². The number of benzene rings is 2. The predicted molar refractivity (Wildman–Crippen MR) is 69.5 cm³/mol. The maximum Gasteiger partial charge on any atom is 0.194 e. The van der Waals surface area contributed by atoms with Gasteiger partial charge in [0.15, 0.2) is 17.5 Å². The van der Waals surface area contributed by atoms with Crippen LogP contribution in [0.1, 0.15) is 17.2 Å². The fourth-order valence-electron chi connectivity index (χ4n) is 1.64. The molecular formula is C13H7BrClF3O. The largest absolute Gasteiger partial charge is 0.383 e. The summed E-state index contributed by atoms with van der Waals surface area (Å²) in [5, 5.41) is 10.3. The molecule has 0 spiro atoms. The van der Waals surface area contributed by atoms with Crippen molar-refractivity contribution in [1.29, 1.82) is 0 Å². The molecular weight excluding hydrogens is 344 g/mol. The van der Waals surface area contributed by atoms with Gasteiger partial charge < -0.3 is 5.11 Å². The second-order valence-electron chi connectivity index (χ2n) is 3.83. The maximum atomic E-state index is 13.6. The summed E-state index contributed by atoms with van der Waals surface area (Å²) in [6.07, 6.45) is -1.49. The third-order valence-corrected chi connectivity index (χ3v) is 3.45. The molecule has 2 aromatic rings. The van der Waals surface area contributed by atoms with Gasteiger partial charge in [0.1, 0.15) is 6.10 Å². The zero-order valence-electron chi connectivity index (χ0n) is 9.30. The first-order valence-corrected chi connectivity index (χ1v) is 6.35. The summed E-state index contributed by atoms with van der Waals surface area (Å²) in [6, 6.07) is 6.36. The van der Waals surface area contributed by atoms with E-state index in [2.05, 4.69) is 15.9 Å². The first-order valence-electron chi connectivity index (χ1n) is 5.18. The van der Waals surface area contributed by atoms with Crippen molar-refractivity contribution < 1.29 is 18.3 Å². The first kappa shape index (κ1) is 14.4. The van der Waals surface area contributed by atoms with Gasteiger partial charge in [-0.05, 0) is 24.3 Å². The van der Waals surface area contributed by atoms with Gasteiger partial charge in [-0.1, -0.05) is 33.6 Å². The van der Waals surface area contributed by atoms with Crippen molar-refractivity contribution in [3.63, 3.8) is 0 Å². The predicted octanol–water partition coefficient (Wildman–Crippen LogP) is 4.60. The SMILES string of the molecule is OC(c1cc(Br)ccc1Cl)c1ccc(F)c(F)c1F. The van der Waals surface area contributed by atoms with E-state index < -0.39 is 23.6 Å². The zero-order chi connectivity index (χ0) is 14.2. The van der Waals surface area contributed by atoms with E-state index in [1.165, 1.54) is 12.1 Å². The Hall–Kier alpha value is -1.04. The molecule has 0 aliphatic carbocycles. The van der Waals surface area contributed by atoms with E-state index in [0.717, 1.165) is 12.1 Å². The summed E-state index contributed by atoms with van der Waals surface area (Å²) in [6.45, 7) is 0. The van der Waals surface area contributed by atoms with Gasteiger partial charge in [-0.2, -0.15) is 0 Å². The second kappa shape index (κ2) is 5.53. The Bertz CT molecular complexity index is 634. The van der Waals surface area contributed by atoms with Crippen LogP contribution in [0.3, 0.4) is 0 Å². The summed E-state index contributed by atoms with van der Waals surface area (Å²) in [4.78, 5) is 0. The zero-order valence-corrected chi connectivity index (χ0v) is 11.6. The summed E-state index contributed by atoms with van der Waals surface area (Å²) in [7, 11) is 0. The molecule has 0 aliphatic rings. The standard InChI is InChI=1S/C13H7BrClF3O/c14-6-1-3-9(15)8(5-6)13(19)7-2-4-10(16)12(18)11(7)17/h1-5,13,19H. The Morgan fingerprint density at radius 2 is 1.68 bits per heavy atom. The summed E-state index contributed by atoms with van der Waals surface area (Å²) in [5.41, 5.74) is -0.181. The molecule has 1 unspecified atom stereocenters. The monoisotopic (exact) mass is 350 g/mol. The minimum absolute atomic E-state index is 0.194. The van der Waals surface area contributed by atoms with Gasteiger partial charge in [0.05, 0.1) is 0 Å². The molecule has 6 heteroatoms. The highest BCUT2D eigenvalue weighted by atomic mass is 79.9. The van der Waals surface area contributed by atoms with Crippen LogP contribution in [0.25, 0.3) is 0 Å². The number of hydrogen-bond acceptors (Lipinski definition) is 1. The highest BCUT2D eigenvalue weighted by molar-refractivity contribution is 9.10. The molecule has 100 valence electrons. The van der Waals surface area contributed by atoms with Gasteiger partial charge in [0, 0.05) is 20.6 Å². The number of aliphatic hydroxyl groups is 1. The number of hydrogen-bond donors (Lipinski definition) is 1. The van der Waals surface area contributed by atoms with Crippen molar-refractivity contribution in [1.82, 2.24) is 0 Å². The number of aliphatic hydroxyl groups excluding tert-OH is 1. The van der Waals surface area contributed by atoms with Crippen LogP contribution >= 0.6 is 27.5 Å². The molecule has 19 heavy (non-hydrogen) atoms. The molecule has 1 nitrogen and oxygen atoms in total. The molecule has 0 saturated carbocycles.